The van der Waals surface area contributed by atoms with Crippen LogP contribution in [0.1, 0.15) is 15.9 Å². The first-order valence-electron chi connectivity index (χ1n) is 3.74. The quantitative estimate of drug-likeness (QED) is 0.367. The minimum absolute atomic E-state index is 0.365. The van der Waals surface area contributed by atoms with Gasteiger partial charge in [0.05, 0.1) is 5.56 Å². The van der Waals surface area contributed by atoms with Gasteiger partial charge in [0.15, 0.2) is 11.5 Å². The zero-order valence-electron chi connectivity index (χ0n) is 7.31. The Kier molecular flexibility index (Phi) is 2.42. The average Bonchev–Trinajstić information content (AvgIpc) is 2.13. The second-order valence-electron chi connectivity index (χ2n) is 2.76. The Labute approximate surface area is 79.2 Å². The van der Waals surface area contributed by atoms with Crippen molar-refractivity contribution in [2.45, 2.75) is 6.92 Å². The maximum Gasteiger partial charge on any atom is 0.377 e. The fourth-order valence-electron chi connectivity index (χ4n) is 0.979. The van der Waals surface area contributed by atoms with E-state index in [-0.39, 0.29) is 0 Å². The van der Waals surface area contributed by atoms with E-state index in [1.165, 1.54) is 13.0 Å². The summed E-state index contributed by atoms with van der Waals surface area (Å²) in [4.78, 5) is 21.3. The molecule has 0 aromatic heterocycles. The van der Waals surface area contributed by atoms with E-state index in [9.17, 15) is 19.8 Å². The topological polar surface area (TPSA) is 94.8 Å². The molecule has 0 saturated carbocycles. The number of carbonyl (C=O) groups excluding carboxylic acids is 1. The zero-order valence-corrected chi connectivity index (χ0v) is 7.31. The number of hydrogen-bond acceptors (Lipinski definition) is 4. The molecule has 74 valence electrons. The molecule has 0 fully saturated rings. The molecule has 0 spiro atoms. The molecule has 5 nitrogen and oxygen atoms in total. The van der Waals surface area contributed by atoms with Gasteiger partial charge in [-0.1, -0.05) is 6.07 Å². The minimum Gasteiger partial charge on any atom is -0.504 e. The van der Waals surface area contributed by atoms with Crippen LogP contribution in [0.15, 0.2) is 12.1 Å². The van der Waals surface area contributed by atoms with E-state index >= 15 is 0 Å². The lowest BCUT2D eigenvalue weighted by atomic mass is 10.1. The molecule has 0 aliphatic rings. The lowest BCUT2D eigenvalue weighted by Crippen LogP contribution is -2.12. The van der Waals surface area contributed by atoms with Crippen molar-refractivity contribution in [3.8, 4) is 11.5 Å². The molecule has 0 heterocycles. The highest BCUT2D eigenvalue weighted by Gasteiger charge is 2.21. The third kappa shape index (κ3) is 1.52. The van der Waals surface area contributed by atoms with Gasteiger partial charge in [0.2, 0.25) is 0 Å². The summed E-state index contributed by atoms with van der Waals surface area (Å²) >= 11 is 0. The van der Waals surface area contributed by atoms with E-state index in [4.69, 9.17) is 5.11 Å². The van der Waals surface area contributed by atoms with Gasteiger partial charge in [0.1, 0.15) is 0 Å². The highest BCUT2D eigenvalue weighted by atomic mass is 16.4. The Morgan fingerprint density at radius 3 is 2.21 bits per heavy atom. The van der Waals surface area contributed by atoms with E-state index < -0.39 is 28.8 Å². The van der Waals surface area contributed by atoms with E-state index in [1.807, 2.05) is 0 Å². The Balaban J connectivity index is 3.31. The highest BCUT2D eigenvalue weighted by molar-refractivity contribution is 6.40. The molecular formula is C9H8O5. The first-order valence-corrected chi connectivity index (χ1v) is 3.74. The van der Waals surface area contributed by atoms with Crippen molar-refractivity contribution in [3.05, 3.63) is 23.3 Å². The average molecular weight is 196 g/mol. The zero-order chi connectivity index (χ0) is 10.9. The van der Waals surface area contributed by atoms with Crippen LogP contribution in [0, 0.1) is 6.92 Å². The molecule has 0 saturated heterocycles. The second kappa shape index (κ2) is 3.37. The molecule has 0 aliphatic carbocycles. The molecule has 0 amide bonds. The van der Waals surface area contributed by atoms with E-state index in [0.29, 0.717) is 5.56 Å². The van der Waals surface area contributed by atoms with Gasteiger partial charge in [0.25, 0.3) is 5.78 Å². The van der Waals surface area contributed by atoms with Crippen LogP contribution in [-0.2, 0) is 4.79 Å². The predicted molar refractivity (Wildman–Crippen MR) is 46.5 cm³/mol. The van der Waals surface area contributed by atoms with Crippen molar-refractivity contribution in [2.24, 2.45) is 0 Å². The van der Waals surface area contributed by atoms with Gasteiger partial charge in [0, 0.05) is 0 Å². The number of ketones is 1. The number of rotatable bonds is 2. The first-order chi connectivity index (χ1) is 6.45. The van der Waals surface area contributed by atoms with Crippen LogP contribution < -0.4 is 0 Å². The van der Waals surface area contributed by atoms with Gasteiger partial charge in [-0.15, -0.1) is 0 Å². The van der Waals surface area contributed by atoms with Crippen molar-refractivity contribution < 1.29 is 24.9 Å². The molecule has 5 heteroatoms. The van der Waals surface area contributed by atoms with E-state index in [2.05, 4.69) is 0 Å². The highest BCUT2D eigenvalue weighted by Crippen LogP contribution is 2.32. The molecule has 0 radical (unpaired) electrons. The maximum atomic E-state index is 11.0. The molecule has 3 N–H and O–H groups in total. The number of phenolic OH excluding ortho intramolecular Hbond substituents is 2. The van der Waals surface area contributed by atoms with Crippen LogP contribution in [-0.4, -0.2) is 27.1 Å². The predicted octanol–water partition coefficient (Wildman–Crippen LogP) is 0.674. The number of carboxylic acids is 1. The van der Waals surface area contributed by atoms with Gasteiger partial charge >= 0.3 is 5.97 Å². The largest absolute Gasteiger partial charge is 0.504 e. The molecule has 0 aliphatic heterocycles. The Morgan fingerprint density at radius 1 is 1.14 bits per heavy atom. The summed E-state index contributed by atoms with van der Waals surface area (Å²) in [5, 5.41) is 26.9. The van der Waals surface area contributed by atoms with Crippen LogP contribution in [0.25, 0.3) is 0 Å². The fraction of sp³-hybridized carbons (Fsp3) is 0.111. The Bertz CT molecular complexity index is 408. The molecule has 1 aromatic rings. The monoisotopic (exact) mass is 196 g/mol. The minimum atomic E-state index is -1.68. The molecule has 1 rings (SSSR count). The van der Waals surface area contributed by atoms with E-state index in [0.717, 1.165) is 6.07 Å². The van der Waals surface area contributed by atoms with Crippen molar-refractivity contribution in [1.82, 2.24) is 0 Å². The van der Waals surface area contributed by atoms with Crippen LogP contribution in [0.4, 0.5) is 0 Å². The summed E-state index contributed by atoms with van der Waals surface area (Å²) < 4.78 is 0. The molecular weight excluding hydrogens is 188 g/mol. The number of hydrogen-bond donors (Lipinski definition) is 3. The van der Waals surface area contributed by atoms with Gasteiger partial charge in [-0.2, -0.15) is 0 Å². The lowest BCUT2D eigenvalue weighted by Gasteiger charge is -2.04. The Hall–Kier alpha value is -2.04. The normalized spacial score (nSPS) is 9.79. The summed E-state index contributed by atoms with van der Waals surface area (Å²) in [6.45, 7) is 1.52. The number of aryl methyl sites for hydroxylation is 1. The van der Waals surface area contributed by atoms with Crippen LogP contribution >= 0.6 is 0 Å². The third-order valence-corrected chi connectivity index (χ3v) is 1.79. The molecule has 14 heavy (non-hydrogen) atoms. The molecule has 0 atom stereocenters. The summed E-state index contributed by atoms with van der Waals surface area (Å²) in [5.41, 5.74) is -0.0509. The van der Waals surface area contributed by atoms with Gasteiger partial charge < -0.3 is 15.3 Å². The molecule has 0 bridgehead atoms. The van der Waals surface area contributed by atoms with Crippen molar-refractivity contribution in [3.63, 3.8) is 0 Å². The molecule has 0 unspecified atom stereocenters. The summed E-state index contributed by atoms with van der Waals surface area (Å²) in [7, 11) is 0. The number of carbonyl (C=O) groups is 2. The summed E-state index contributed by atoms with van der Waals surface area (Å²) in [5.74, 6) is -4.10. The smallest absolute Gasteiger partial charge is 0.377 e. The second-order valence-corrected chi connectivity index (χ2v) is 2.76. The number of aliphatic carboxylic acids is 1. The number of phenols is 2. The Morgan fingerprint density at radius 2 is 1.71 bits per heavy atom. The first kappa shape index (κ1) is 10.0. The molecule has 1 aromatic carbocycles. The number of Topliss-reactive ketones (excluding diaryl/α,β-unsaturated/α-hetero) is 1. The number of carboxylic acid groups (broad SMARTS) is 1. The standard InChI is InChI=1S/C9H8O5/c1-4-2-3-5(7(11)6(4)10)8(12)9(13)14/h2-3,10-11H,1H3,(H,13,14). The van der Waals surface area contributed by atoms with Crippen molar-refractivity contribution >= 4 is 11.8 Å². The number of aromatic hydroxyl groups is 2. The number of benzene rings is 1. The van der Waals surface area contributed by atoms with Crippen LogP contribution in [0.3, 0.4) is 0 Å². The van der Waals surface area contributed by atoms with Crippen molar-refractivity contribution in [2.75, 3.05) is 0 Å². The van der Waals surface area contributed by atoms with Crippen LogP contribution in [0.5, 0.6) is 11.5 Å². The fourth-order valence-corrected chi connectivity index (χ4v) is 0.979. The third-order valence-electron chi connectivity index (χ3n) is 1.79. The van der Waals surface area contributed by atoms with Gasteiger partial charge in [-0.05, 0) is 18.6 Å². The lowest BCUT2D eigenvalue weighted by molar-refractivity contribution is -0.131. The van der Waals surface area contributed by atoms with Crippen LogP contribution in [0.2, 0.25) is 0 Å². The SMILES string of the molecule is Cc1ccc(C(=O)C(=O)O)c(O)c1O. The van der Waals surface area contributed by atoms with E-state index in [1.54, 1.807) is 0 Å². The van der Waals surface area contributed by atoms with Gasteiger partial charge in [-0.25, -0.2) is 4.79 Å². The van der Waals surface area contributed by atoms with Gasteiger partial charge in [-0.3, -0.25) is 4.79 Å². The summed E-state index contributed by atoms with van der Waals surface area (Å²) in [6.07, 6.45) is 0. The maximum absolute atomic E-state index is 11.0. The summed E-state index contributed by atoms with van der Waals surface area (Å²) in [6, 6.07) is 2.51. The van der Waals surface area contributed by atoms with Crippen molar-refractivity contribution in [1.29, 1.82) is 0 Å².